The van der Waals surface area contributed by atoms with Crippen LogP contribution in [-0.4, -0.2) is 24.6 Å². The van der Waals surface area contributed by atoms with Crippen LogP contribution in [-0.2, 0) is 19.1 Å². The number of hydrogen-bond donors (Lipinski definition) is 0. The number of unbranched alkanes of at least 4 members (excludes halogenated alkanes) is 3. The number of ether oxygens (including phenoxy) is 2. The fourth-order valence-electron chi connectivity index (χ4n) is 2.56. The highest BCUT2D eigenvalue weighted by Crippen LogP contribution is 2.20. The Balaban J connectivity index is 0.000000477. The predicted octanol–water partition coefficient (Wildman–Crippen LogP) is 5.51. The first-order chi connectivity index (χ1) is 12.1. The van der Waals surface area contributed by atoms with Crippen LogP contribution in [0.5, 0.6) is 0 Å². The molecule has 0 aromatic rings. The van der Waals surface area contributed by atoms with E-state index in [1.165, 1.54) is 19.3 Å². The summed E-state index contributed by atoms with van der Waals surface area (Å²) in [7, 11) is 0. The minimum Gasteiger partial charge on any atom is -0.462 e. The minimum absolute atomic E-state index is 0.0289. The Bertz CT molecular complexity index is 370. The first-order valence-electron chi connectivity index (χ1n) is 9.70. The number of allylic oxidation sites excluding steroid dienone is 1. The molecule has 4 heteroatoms. The lowest BCUT2D eigenvalue weighted by Crippen LogP contribution is -2.20. The van der Waals surface area contributed by atoms with E-state index < -0.39 is 0 Å². The normalized spacial score (nSPS) is 14.0. The van der Waals surface area contributed by atoms with Crippen LogP contribution in [0.4, 0.5) is 0 Å². The number of esters is 2. The molecule has 0 spiro atoms. The summed E-state index contributed by atoms with van der Waals surface area (Å²) < 4.78 is 10.1. The van der Waals surface area contributed by atoms with Crippen molar-refractivity contribution in [1.29, 1.82) is 0 Å². The zero-order valence-electron chi connectivity index (χ0n) is 16.0. The van der Waals surface area contributed by atoms with E-state index >= 15 is 0 Å². The fourth-order valence-corrected chi connectivity index (χ4v) is 2.56. The monoisotopic (exact) mass is 352 g/mol. The molecular formula is C21H36O4. The first-order valence-corrected chi connectivity index (χ1v) is 9.70. The SMILES string of the molecule is C=CCCCC(=O)OC1CCCCC1.C=CCOC(=O)CCCCC. The van der Waals surface area contributed by atoms with E-state index in [1.54, 1.807) is 6.08 Å². The van der Waals surface area contributed by atoms with Crippen molar-refractivity contribution >= 4 is 11.9 Å². The number of carbonyl (C=O) groups is 2. The van der Waals surface area contributed by atoms with Gasteiger partial charge < -0.3 is 9.47 Å². The van der Waals surface area contributed by atoms with E-state index in [0.717, 1.165) is 44.9 Å². The van der Waals surface area contributed by atoms with Gasteiger partial charge in [-0.3, -0.25) is 9.59 Å². The lowest BCUT2D eigenvalue weighted by Gasteiger charge is -2.21. The van der Waals surface area contributed by atoms with Gasteiger partial charge in [0.25, 0.3) is 0 Å². The summed E-state index contributed by atoms with van der Waals surface area (Å²) >= 11 is 0. The molecule has 0 bridgehead atoms. The zero-order valence-corrected chi connectivity index (χ0v) is 16.0. The highest BCUT2D eigenvalue weighted by molar-refractivity contribution is 5.69. The van der Waals surface area contributed by atoms with Crippen molar-refractivity contribution in [2.75, 3.05) is 6.61 Å². The standard InChI is InChI=1S/C12H20O2.C9H16O2/c1-2-3-5-10-12(13)14-11-8-6-4-7-9-11;1-3-5-6-7-9(10)11-8-4-2/h2,11H,1,3-10H2;4H,2-3,5-8H2,1H3. The average molecular weight is 353 g/mol. The van der Waals surface area contributed by atoms with E-state index in [2.05, 4.69) is 20.1 Å². The summed E-state index contributed by atoms with van der Waals surface area (Å²) in [6.07, 6.45) is 15.5. The van der Waals surface area contributed by atoms with Crippen LogP contribution in [0.2, 0.25) is 0 Å². The molecule has 0 aromatic carbocycles. The molecule has 0 radical (unpaired) electrons. The quantitative estimate of drug-likeness (QED) is 0.279. The van der Waals surface area contributed by atoms with E-state index in [4.69, 9.17) is 9.47 Å². The average Bonchev–Trinajstić information content (AvgIpc) is 2.62. The van der Waals surface area contributed by atoms with Crippen molar-refractivity contribution in [2.24, 2.45) is 0 Å². The van der Waals surface area contributed by atoms with Gasteiger partial charge in [0.15, 0.2) is 0 Å². The summed E-state index contributed by atoms with van der Waals surface area (Å²) in [6.45, 7) is 9.52. The molecular weight excluding hydrogens is 316 g/mol. The maximum atomic E-state index is 11.3. The second kappa shape index (κ2) is 17.2. The van der Waals surface area contributed by atoms with Crippen molar-refractivity contribution < 1.29 is 19.1 Å². The molecule has 1 aliphatic carbocycles. The van der Waals surface area contributed by atoms with Gasteiger partial charge in [0.1, 0.15) is 12.7 Å². The summed E-state index contributed by atoms with van der Waals surface area (Å²) in [5.41, 5.74) is 0. The van der Waals surface area contributed by atoms with Crippen molar-refractivity contribution in [3.63, 3.8) is 0 Å². The van der Waals surface area contributed by atoms with Crippen LogP contribution in [0.25, 0.3) is 0 Å². The van der Waals surface area contributed by atoms with Gasteiger partial charge in [0, 0.05) is 12.8 Å². The molecule has 0 amide bonds. The minimum atomic E-state index is -0.113. The molecule has 0 unspecified atom stereocenters. The van der Waals surface area contributed by atoms with Crippen LogP contribution < -0.4 is 0 Å². The van der Waals surface area contributed by atoms with Gasteiger partial charge >= 0.3 is 11.9 Å². The Labute approximate surface area is 153 Å². The van der Waals surface area contributed by atoms with Crippen LogP contribution in [0.1, 0.15) is 84.0 Å². The van der Waals surface area contributed by atoms with Crippen molar-refractivity contribution in [2.45, 2.75) is 90.1 Å². The Morgan fingerprint density at radius 2 is 1.64 bits per heavy atom. The number of hydrogen-bond acceptors (Lipinski definition) is 4. The highest BCUT2D eigenvalue weighted by Gasteiger charge is 2.16. The maximum absolute atomic E-state index is 11.3. The van der Waals surface area contributed by atoms with Crippen LogP contribution in [0.3, 0.4) is 0 Å². The molecule has 25 heavy (non-hydrogen) atoms. The van der Waals surface area contributed by atoms with Gasteiger partial charge in [0.2, 0.25) is 0 Å². The van der Waals surface area contributed by atoms with Crippen molar-refractivity contribution in [3.05, 3.63) is 25.3 Å². The molecule has 0 aliphatic heterocycles. The Morgan fingerprint density at radius 1 is 0.960 bits per heavy atom. The van der Waals surface area contributed by atoms with Gasteiger partial charge in [-0.15, -0.1) is 6.58 Å². The molecule has 0 N–H and O–H groups in total. The molecule has 4 nitrogen and oxygen atoms in total. The molecule has 1 rings (SSSR count). The topological polar surface area (TPSA) is 52.6 Å². The van der Waals surface area contributed by atoms with E-state index in [9.17, 15) is 9.59 Å². The lowest BCUT2D eigenvalue weighted by atomic mass is 9.98. The largest absolute Gasteiger partial charge is 0.462 e. The van der Waals surface area contributed by atoms with Gasteiger partial charge in [-0.25, -0.2) is 0 Å². The third-order valence-electron chi connectivity index (χ3n) is 3.99. The second-order valence-electron chi connectivity index (χ2n) is 6.36. The summed E-state index contributed by atoms with van der Waals surface area (Å²) in [6, 6.07) is 0. The van der Waals surface area contributed by atoms with Crippen LogP contribution >= 0.6 is 0 Å². The zero-order chi connectivity index (χ0) is 18.8. The number of rotatable bonds is 11. The lowest BCUT2D eigenvalue weighted by molar-refractivity contribution is -0.150. The molecule has 1 fully saturated rings. The Hall–Kier alpha value is -1.58. The van der Waals surface area contributed by atoms with Crippen molar-refractivity contribution in [3.8, 4) is 0 Å². The molecule has 144 valence electrons. The van der Waals surface area contributed by atoms with Gasteiger partial charge in [0.05, 0.1) is 0 Å². The summed E-state index contributed by atoms with van der Waals surface area (Å²) in [4.78, 5) is 22.1. The van der Waals surface area contributed by atoms with E-state index in [0.29, 0.717) is 19.4 Å². The molecule has 0 atom stereocenters. The molecule has 0 saturated heterocycles. The smallest absolute Gasteiger partial charge is 0.306 e. The summed E-state index contributed by atoms with van der Waals surface area (Å²) in [5.74, 6) is -0.142. The first kappa shape index (κ1) is 23.4. The Kier molecular flexibility index (Phi) is 16.2. The van der Waals surface area contributed by atoms with Crippen LogP contribution in [0, 0.1) is 0 Å². The number of carbonyl (C=O) groups excluding carboxylic acids is 2. The highest BCUT2D eigenvalue weighted by atomic mass is 16.5. The van der Waals surface area contributed by atoms with E-state index in [-0.39, 0.29) is 18.0 Å². The third-order valence-corrected chi connectivity index (χ3v) is 3.99. The molecule has 0 aromatic heterocycles. The Morgan fingerprint density at radius 3 is 2.24 bits per heavy atom. The van der Waals surface area contributed by atoms with Gasteiger partial charge in [-0.1, -0.05) is 44.9 Å². The molecule has 1 aliphatic rings. The van der Waals surface area contributed by atoms with Crippen molar-refractivity contribution in [1.82, 2.24) is 0 Å². The van der Waals surface area contributed by atoms with Gasteiger partial charge in [-0.05, 0) is 44.9 Å². The van der Waals surface area contributed by atoms with E-state index in [1.807, 2.05) is 6.08 Å². The van der Waals surface area contributed by atoms with Gasteiger partial charge in [-0.2, -0.15) is 0 Å². The molecule has 0 heterocycles. The third kappa shape index (κ3) is 15.7. The summed E-state index contributed by atoms with van der Waals surface area (Å²) in [5, 5.41) is 0. The fraction of sp³-hybridized carbons (Fsp3) is 0.714. The predicted molar refractivity (Wildman–Crippen MR) is 102 cm³/mol. The second-order valence-corrected chi connectivity index (χ2v) is 6.36. The van der Waals surface area contributed by atoms with Crippen LogP contribution in [0.15, 0.2) is 25.3 Å². The maximum Gasteiger partial charge on any atom is 0.306 e. The molecule has 1 saturated carbocycles.